The molecule has 1 N–H and O–H groups in total. The molecule has 1 aromatic carbocycles. The lowest BCUT2D eigenvalue weighted by molar-refractivity contribution is -0.145. The predicted octanol–water partition coefficient (Wildman–Crippen LogP) is 3.86. The summed E-state index contributed by atoms with van der Waals surface area (Å²) in [6, 6.07) is 6.05. The molecule has 0 saturated carbocycles. The summed E-state index contributed by atoms with van der Waals surface area (Å²) in [5.74, 6) is -0.555. The number of aryl methyl sites for hydroxylation is 1. The summed E-state index contributed by atoms with van der Waals surface area (Å²) < 4.78 is 10.1. The Kier molecular flexibility index (Phi) is 7.75. The fraction of sp³-hybridized carbons (Fsp3) is 0.458. The number of hydrogen-bond acceptors (Lipinski definition) is 6. The van der Waals surface area contributed by atoms with Crippen molar-refractivity contribution in [1.82, 2.24) is 10.2 Å². The third-order valence-electron chi connectivity index (χ3n) is 6.35. The number of thiophene rings is 1. The lowest BCUT2D eigenvalue weighted by atomic mass is 10.1. The molecule has 0 spiro atoms. The topological polar surface area (TPSA) is 88.2 Å². The Morgan fingerprint density at radius 1 is 1.21 bits per heavy atom. The fourth-order valence-corrected chi connectivity index (χ4v) is 5.62. The van der Waals surface area contributed by atoms with Crippen molar-refractivity contribution in [2.24, 2.45) is 0 Å². The van der Waals surface area contributed by atoms with Gasteiger partial charge < -0.3 is 24.6 Å². The van der Waals surface area contributed by atoms with Crippen LogP contribution in [-0.4, -0.2) is 62.3 Å². The summed E-state index contributed by atoms with van der Waals surface area (Å²) in [6.45, 7) is 1.13. The monoisotopic (exact) mass is 505 g/mol. The number of hydrogen-bond donors (Lipinski definition) is 1. The number of methoxy groups -OCH3 is 2. The Balaban J connectivity index is 1.42. The highest BCUT2D eigenvalue weighted by atomic mass is 35.5. The van der Waals surface area contributed by atoms with Crippen molar-refractivity contribution in [3.63, 3.8) is 0 Å². The zero-order valence-electron chi connectivity index (χ0n) is 19.2. The van der Waals surface area contributed by atoms with Crippen LogP contribution < -0.4 is 10.2 Å². The van der Waals surface area contributed by atoms with Crippen LogP contribution in [0.25, 0.3) is 0 Å². The second kappa shape index (κ2) is 10.8. The number of benzene rings is 1. The molecule has 1 fully saturated rings. The average Bonchev–Trinajstić information content (AvgIpc) is 3.45. The van der Waals surface area contributed by atoms with Crippen molar-refractivity contribution >= 4 is 46.5 Å². The molecule has 34 heavy (non-hydrogen) atoms. The van der Waals surface area contributed by atoms with Gasteiger partial charge in [-0.15, -0.1) is 11.3 Å². The first kappa shape index (κ1) is 24.5. The van der Waals surface area contributed by atoms with Gasteiger partial charge in [-0.05, 0) is 48.4 Å². The SMILES string of the molecule is COC(=O)[C@@H]1C[C@@H](OC)CN1C(=O)NCc1ccc(C(=O)N2CCCCc3sccc32)cc1Cl. The molecule has 4 rings (SSSR count). The number of amides is 3. The lowest BCUT2D eigenvalue weighted by Gasteiger charge is -2.23. The summed E-state index contributed by atoms with van der Waals surface area (Å²) in [4.78, 5) is 42.6. The molecule has 182 valence electrons. The first-order chi connectivity index (χ1) is 16.4. The molecule has 8 nitrogen and oxygen atoms in total. The molecule has 0 aliphatic carbocycles. The largest absolute Gasteiger partial charge is 0.467 e. The number of urea groups is 1. The highest BCUT2D eigenvalue weighted by Crippen LogP contribution is 2.32. The van der Waals surface area contributed by atoms with Gasteiger partial charge in [-0.3, -0.25) is 4.79 Å². The fourth-order valence-electron chi connectivity index (χ4n) is 4.45. The van der Waals surface area contributed by atoms with Crippen molar-refractivity contribution in [3.8, 4) is 0 Å². The Hall–Kier alpha value is -2.62. The molecular weight excluding hydrogens is 478 g/mol. The third-order valence-corrected chi connectivity index (χ3v) is 7.68. The molecule has 2 atom stereocenters. The van der Waals surface area contributed by atoms with Gasteiger partial charge in [-0.1, -0.05) is 17.7 Å². The Morgan fingerprint density at radius 2 is 2.03 bits per heavy atom. The zero-order valence-corrected chi connectivity index (χ0v) is 20.8. The number of likely N-dealkylation sites (tertiary alicyclic amines) is 1. The van der Waals surface area contributed by atoms with Crippen LogP contribution >= 0.6 is 22.9 Å². The molecule has 1 aromatic heterocycles. The summed E-state index contributed by atoms with van der Waals surface area (Å²) in [5, 5.41) is 5.23. The van der Waals surface area contributed by atoms with Gasteiger partial charge in [0.15, 0.2) is 0 Å². The number of ether oxygens (including phenoxy) is 2. The van der Waals surface area contributed by atoms with Crippen LogP contribution in [0.15, 0.2) is 29.6 Å². The minimum Gasteiger partial charge on any atom is -0.467 e. The first-order valence-electron chi connectivity index (χ1n) is 11.2. The number of anilines is 1. The zero-order chi connectivity index (χ0) is 24.2. The number of esters is 1. The molecule has 0 unspecified atom stereocenters. The van der Waals surface area contributed by atoms with Crippen LogP contribution in [0.1, 0.15) is 40.1 Å². The maximum atomic E-state index is 13.2. The molecule has 2 aliphatic heterocycles. The van der Waals surface area contributed by atoms with E-state index in [1.54, 1.807) is 36.6 Å². The molecule has 3 heterocycles. The summed E-state index contributed by atoms with van der Waals surface area (Å²) >= 11 is 8.17. The van der Waals surface area contributed by atoms with E-state index >= 15 is 0 Å². The highest BCUT2D eigenvalue weighted by molar-refractivity contribution is 7.10. The van der Waals surface area contributed by atoms with Gasteiger partial charge in [0.05, 0.1) is 18.9 Å². The van der Waals surface area contributed by atoms with E-state index in [9.17, 15) is 14.4 Å². The average molecular weight is 506 g/mol. The maximum Gasteiger partial charge on any atom is 0.328 e. The predicted molar refractivity (Wildman–Crippen MR) is 131 cm³/mol. The Morgan fingerprint density at radius 3 is 2.76 bits per heavy atom. The van der Waals surface area contributed by atoms with Gasteiger partial charge in [0.2, 0.25) is 0 Å². The number of fused-ring (bicyclic) bond motifs is 1. The maximum absolute atomic E-state index is 13.2. The minimum atomic E-state index is -0.693. The quantitative estimate of drug-likeness (QED) is 0.623. The molecule has 1 saturated heterocycles. The number of halogens is 1. The summed E-state index contributed by atoms with van der Waals surface area (Å²) in [5.41, 5.74) is 2.17. The van der Waals surface area contributed by atoms with E-state index in [2.05, 4.69) is 5.32 Å². The van der Waals surface area contributed by atoms with E-state index in [4.69, 9.17) is 21.1 Å². The molecule has 3 amide bonds. The Bertz CT molecular complexity index is 1070. The van der Waals surface area contributed by atoms with Crippen molar-refractivity contribution < 1.29 is 23.9 Å². The normalized spacial score (nSPS) is 20.0. The standard InChI is InChI=1S/C24H28ClN3O5S/c1-32-17-12-20(23(30)33-2)28(14-17)24(31)26-13-16-7-6-15(11-18(16)25)22(29)27-9-4-3-5-21-19(27)8-10-34-21/h6-8,10-11,17,20H,3-5,9,12-14H2,1-2H3,(H,26,31)/t17-,20+/m1/s1. The van der Waals surface area contributed by atoms with Crippen LogP contribution in [0, 0.1) is 0 Å². The van der Waals surface area contributed by atoms with E-state index in [0.717, 1.165) is 24.9 Å². The van der Waals surface area contributed by atoms with Gasteiger partial charge >= 0.3 is 12.0 Å². The molecule has 2 aromatic rings. The number of carbonyl (C=O) groups excluding carboxylic acids is 3. The van der Waals surface area contributed by atoms with Crippen molar-refractivity contribution in [2.45, 2.75) is 44.4 Å². The van der Waals surface area contributed by atoms with Crippen LogP contribution in [0.3, 0.4) is 0 Å². The molecule has 2 aliphatic rings. The lowest BCUT2D eigenvalue weighted by Crippen LogP contribution is -2.46. The summed E-state index contributed by atoms with van der Waals surface area (Å²) in [7, 11) is 2.85. The number of rotatable bonds is 5. The van der Waals surface area contributed by atoms with E-state index in [1.165, 1.54) is 16.9 Å². The van der Waals surface area contributed by atoms with E-state index < -0.39 is 18.0 Å². The highest BCUT2D eigenvalue weighted by Gasteiger charge is 2.40. The van der Waals surface area contributed by atoms with E-state index in [1.807, 2.05) is 16.3 Å². The van der Waals surface area contributed by atoms with Crippen LogP contribution in [0.4, 0.5) is 10.5 Å². The van der Waals surface area contributed by atoms with Gasteiger partial charge in [0.1, 0.15) is 6.04 Å². The van der Waals surface area contributed by atoms with Gasteiger partial charge in [-0.2, -0.15) is 0 Å². The van der Waals surface area contributed by atoms with Crippen molar-refractivity contribution in [3.05, 3.63) is 50.7 Å². The Labute approximate surface area is 207 Å². The second-order valence-corrected chi connectivity index (χ2v) is 9.80. The second-order valence-electron chi connectivity index (χ2n) is 8.39. The van der Waals surface area contributed by atoms with Gasteiger partial charge in [0, 0.05) is 48.6 Å². The van der Waals surface area contributed by atoms with Crippen molar-refractivity contribution in [2.75, 3.05) is 32.2 Å². The molecular formula is C24H28ClN3O5S. The van der Waals surface area contributed by atoms with Crippen LogP contribution in [0.5, 0.6) is 0 Å². The van der Waals surface area contributed by atoms with Gasteiger partial charge in [0.25, 0.3) is 5.91 Å². The molecule has 0 bridgehead atoms. The number of carbonyl (C=O) groups is 3. The van der Waals surface area contributed by atoms with E-state index in [0.29, 0.717) is 35.7 Å². The van der Waals surface area contributed by atoms with Crippen LogP contribution in [-0.2, 0) is 27.2 Å². The van der Waals surface area contributed by atoms with Gasteiger partial charge in [-0.25, -0.2) is 9.59 Å². The van der Waals surface area contributed by atoms with Crippen molar-refractivity contribution in [1.29, 1.82) is 0 Å². The minimum absolute atomic E-state index is 0.0809. The number of nitrogens with one attached hydrogen (secondary N) is 1. The number of nitrogens with zero attached hydrogens (tertiary/aromatic N) is 2. The summed E-state index contributed by atoms with van der Waals surface area (Å²) in [6.07, 6.45) is 3.17. The molecule has 10 heteroatoms. The van der Waals surface area contributed by atoms with E-state index in [-0.39, 0.29) is 18.6 Å². The first-order valence-corrected chi connectivity index (χ1v) is 12.5. The third kappa shape index (κ3) is 5.06. The molecule has 0 radical (unpaired) electrons. The van der Waals surface area contributed by atoms with Crippen LogP contribution in [0.2, 0.25) is 5.02 Å². The smallest absolute Gasteiger partial charge is 0.328 e.